The van der Waals surface area contributed by atoms with Gasteiger partial charge in [-0.05, 0) is 46.2 Å². The van der Waals surface area contributed by atoms with Crippen molar-refractivity contribution in [3.05, 3.63) is 29.3 Å². The first-order chi connectivity index (χ1) is 11.7. The maximum atomic E-state index is 6.12. The van der Waals surface area contributed by atoms with Crippen LogP contribution in [0.15, 0.2) is 23.2 Å². The van der Waals surface area contributed by atoms with Crippen LogP contribution in [0.25, 0.3) is 0 Å². The summed E-state index contributed by atoms with van der Waals surface area (Å²) in [5.41, 5.74) is 2.26. The highest BCUT2D eigenvalue weighted by atomic mass is 127. The Morgan fingerprint density at radius 1 is 1.27 bits per heavy atom. The maximum Gasteiger partial charge on any atom is 0.191 e. The number of aryl methyl sites for hydroxylation is 1. The molecule has 2 N–H and O–H groups in total. The molecule has 1 saturated heterocycles. The Morgan fingerprint density at radius 2 is 1.96 bits per heavy atom. The molecule has 0 aliphatic carbocycles. The van der Waals surface area contributed by atoms with Crippen LogP contribution in [-0.4, -0.2) is 37.9 Å². The van der Waals surface area contributed by atoms with Gasteiger partial charge in [-0.2, -0.15) is 0 Å². The molecule has 0 radical (unpaired) electrons. The van der Waals surface area contributed by atoms with Gasteiger partial charge in [-0.1, -0.05) is 19.1 Å². The molecule has 2 rings (SSSR count). The molecule has 148 valence electrons. The van der Waals surface area contributed by atoms with Crippen molar-refractivity contribution in [1.29, 1.82) is 0 Å². The SMILES string of the molecule is CCNC(=NCc1ccc(C)cc1OC(C)(C)C)NCC1(C)COC1.I. The van der Waals surface area contributed by atoms with Gasteiger partial charge in [0.05, 0.1) is 19.8 Å². The van der Waals surface area contributed by atoms with E-state index in [2.05, 4.69) is 70.4 Å². The molecule has 0 saturated carbocycles. The number of guanidine groups is 1. The highest BCUT2D eigenvalue weighted by molar-refractivity contribution is 14.0. The third-order valence-electron chi connectivity index (χ3n) is 3.97. The van der Waals surface area contributed by atoms with Crippen molar-refractivity contribution in [3.63, 3.8) is 0 Å². The average molecular weight is 475 g/mol. The van der Waals surface area contributed by atoms with Crippen molar-refractivity contribution in [2.45, 2.75) is 53.7 Å². The molecule has 0 unspecified atom stereocenters. The molecule has 6 heteroatoms. The van der Waals surface area contributed by atoms with Gasteiger partial charge in [0.2, 0.25) is 0 Å². The Balaban J connectivity index is 0.00000338. The Hall–Kier alpha value is -1.02. The lowest BCUT2D eigenvalue weighted by atomic mass is 9.89. The number of nitrogens with one attached hydrogen (secondary N) is 2. The van der Waals surface area contributed by atoms with Gasteiger partial charge < -0.3 is 20.1 Å². The molecular formula is C20H34IN3O2. The van der Waals surface area contributed by atoms with Gasteiger partial charge in [0.25, 0.3) is 0 Å². The summed E-state index contributed by atoms with van der Waals surface area (Å²) in [5.74, 6) is 1.74. The van der Waals surface area contributed by atoms with E-state index in [4.69, 9.17) is 14.5 Å². The van der Waals surface area contributed by atoms with Crippen molar-refractivity contribution in [2.75, 3.05) is 26.3 Å². The minimum Gasteiger partial charge on any atom is -0.488 e. The van der Waals surface area contributed by atoms with Gasteiger partial charge in [-0.3, -0.25) is 0 Å². The maximum absolute atomic E-state index is 6.12. The molecule has 1 aliphatic rings. The second-order valence-electron chi connectivity index (χ2n) is 8.18. The zero-order chi connectivity index (χ0) is 18.5. The molecule has 1 heterocycles. The molecule has 0 spiro atoms. The molecule has 1 aromatic rings. The van der Waals surface area contributed by atoms with E-state index >= 15 is 0 Å². The Labute approximate surface area is 175 Å². The van der Waals surface area contributed by atoms with Crippen LogP contribution in [0.2, 0.25) is 0 Å². The number of nitrogens with zero attached hydrogens (tertiary/aromatic N) is 1. The van der Waals surface area contributed by atoms with Crippen LogP contribution in [0.3, 0.4) is 0 Å². The lowest BCUT2D eigenvalue weighted by Crippen LogP contribution is -2.51. The summed E-state index contributed by atoms with van der Waals surface area (Å²) in [7, 11) is 0. The van der Waals surface area contributed by atoms with E-state index in [-0.39, 0.29) is 35.0 Å². The lowest BCUT2D eigenvalue weighted by Gasteiger charge is -2.38. The fourth-order valence-electron chi connectivity index (χ4n) is 2.57. The molecule has 0 aromatic heterocycles. The first-order valence-electron chi connectivity index (χ1n) is 9.09. The summed E-state index contributed by atoms with van der Waals surface area (Å²) < 4.78 is 11.4. The molecule has 0 amide bonds. The third-order valence-corrected chi connectivity index (χ3v) is 3.97. The zero-order valence-electron chi connectivity index (χ0n) is 16.9. The first kappa shape index (κ1) is 23.0. The largest absolute Gasteiger partial charge is 0.488 e. The molecule has 5 nitrogen and oxygen atoms in total. The van der Waals surface area contributed by atoms with E-state index in [0.29, 0.717) is 6.54 Å². The molecule has 26 heavy (non-hydrogen) atoms. The zero-order valence-corrected chi connectivity index (χ0v) is 19.3. The average Bonchev–Trinajstić information content (AvgIpc) is 2.48. The quantitative estimate of drug-likeness (QED) is 0.373. The number of benzene rings is 1. The molecule has 1 fully saturated rings. The van der Waals surface area contributed by atoms with E-state index in [9.17, 15) is 0 Å². The van der Waals surface area contributed by atoms with E-state index in [1.54, 1.807) is 0 Å². The van der Waals surface area contributed by atoms with Crippen LogP contribution in [0.4, 0.5) is 0 Å². The van der Waals surface area contributed by atoms with E-state index < -0.39 is 0 Å². The van der Waals surface area contributed by atoms with Crippen molar-refractivity contribution >= 4 is 29.9 Å². The van der Waals surface area contributed by atoms with Gasteiger partial charge in [-0.15, -0.1) is 24.0 Å². The van der Waals surface area contributed by atoms with E-state index in [0.717, 1.165) is 43.6 Å². The summed E-state index contributed by atoms with van der Waals surface area (Å²) in [6.07, 6.45) is 0. The van der Waals surface area contributed by atoms with E-state index in [1.165, 1.54) is 5.56 Å². The second-order valence-corrected chi connectivity index (χ2v) is 8.18. The number of hydrogen-bond acceptors (Lipinski definition) is 3. The van der Waals surface area contributed by atoms with Gasteiger partial charge in [-0.25, -0.2) is 4.99 Å². The number of hydrogen-bond donors (Lipinski definition) is 2. The highest BCUT2D eigenvalue weighted by Gasteiger charge is 2.33. The lowest BCUT2D eigenvalue weighted by molar-refractivity contribution is -0.0971. The predicted octanol–water partition coefficient (Wildman–Crippen LogP) is 3.88. The third kappa shape index (κ3) is 7.31. The fourth-order valence-corrected chi connectivity index (χ4v) is 2.57. The van der Waals surface area contributed by atoms with Gasteiger partial charge in [0.15, 0.2) is 5.96 Å². The Morgan fingerprint density at radius 3 is 2.50 bits per heavy atom. The molecular weight excluding hydrogens is 441 g/mol. The minimum atomic E-state index is -0.228. The normalized spacial score (nSPS) is 16.3. The number of rotatable bonds is 6. The summed E-state index contributed by atoms with van der Waals surface area (Å²) in [6.45, 7) is 16.5. The fraction of sp³-hybridized carbons (Fsp3) is 0.650. The van der Waals surface area contributed by atoms with E-state index in [1.807, 2.05) is 0 Å². The standard InChI is InChI=1S/C20H33N3O2.HI/c1-7-21-18(23-12-20(6)13-24-14-20)22-11-16-9-8-15(2)10-17(16)25-19(3,4)5;/h8-10H,7,11-14H2,1-6H3,(H2,21,22,23);1H. The smallest absolute Gasteiger partial charge is 0.191 e. The van der Waals surface area contributed by atoms with Crippen molar-refractivity contribution in [3.8, 4) is 5.75 Å². The van der Waals surface area contributed by atoms with Crippen LogP contribution in [0.1, 0.15) is 45.7 Å². The summed E-state index contributed by atoms with van der Waals surface area (Å²) in [4.78, 5) is 4.74. The van der Waals surface area contributed by atoms with Gasteiger partial charge in [0.1, 0.15) is 11.4 Å². The van der Waals surface area contributed by atoms with Crippen molar-refractivity contribution in [2.24, 2.45) is 10.4 Å². The van der Waals surface area contributed by atoms with Crippen molar-refractivity contribution < 1.29 is 9.47 Å². The Bertz CT molecular complexity index is 608. The molecule has 0 bridgehead atoms. The Kier molecular flexibility index (Phi) is 8.66. The number of halogens is 1. The summed E-state index contributed by atoms with van der Waals surface area (Å²) in [5, 5.41) is 6.74. The highest BCUT2D eigenvalue weighted by Crippen LogP contribution is 2.26. The predicted molar refractivity (Wildman–Crippen MR) is 119 cm³/mol. The van der Waals surface area contributed by atoms with Crippen molar-refractivity contribution in [1.82, 2.24) is 10.6 Å². The minimum absolute atomic E-state index is 0. The van der Waals surface area contributed by atoms with Gasteiger partial charge in [0, 0.05) is 24.1 Å². The molecule has 1 aliphatic heterocycles. The van der Waals surface area contributed by atoms with Crippen LogP contribution < -0.4 is 15.4 Å². The van der Waals surface area contributed by atoms with Crippen LogP contribution in [0.5, 0.6) is 5.75 Å². The number of ether oxygens (including phenoxy) is 2. The van der Waals surface area contributed by atoms with Crippen LogP contribution in [-0.2, 0) is 11.3 Å². The second kappa shape index (κ2) is 9.78. The topological polar surface area (TPSA) is 54.9 Å². The monoisotopic (exact) mass is 475 g/mol. The number of aliphatic imine (C=N–C) groups is 1. The molecule has 1 aromatic carbocycles. The summed E-state index contributed by atoms with van der Waals surface area (Å²) >= 11 is 0. The van der Waals surface area contributed by atoms with Crippen LogP contribution >= 0.6 is 24.0 Å². The first-order valence-corrected chi connectivity index (χ1v) is 9.09. The molecule has 0 atom stereocenters. The van der Waals surface area contributed by atoms with Gasteiger partial charge >= 0.3 is 0 Å². The summed E-state index contributed by atoms with van der Waals surface area (Å²) in [6, 6.07) is 6.29. The van der Waals surface area contributed by atoms with Crippen LogP contribution in [0, 0.1) is 12.3 Å².